The van der Waals surface area contributed by atoms with Gasteiger partial charge in [-0.15, -0.1) is 0 Å². The van der Waals surface area contributed by atoms with Crippen molar-refractivity contribution in [2.75, 3.05) is 6.54 Å². The standard InChI is InChI=1S/C25H25Cl3N2O3S/c1-16-10-17(2)25(18(3)11-16)34(32,33)30(14-20-6-9-22(27)23(28)12-20)15-24(31)29-13-19-4-7-21(26)8-5-19/h4-12H,13-15H2,1-3H3,(H,29,31). The summed E-state index contributed by atoms with van der Waals surface area (Å²) in [6.07, 6.45) is 0. The van der Waals surface area contributed by atoms with Crippen molar-refractivity contribution < 1.29 is 13.2 Å². The molecule has 0 aromatic heterocycles. The molecule has 0 atom stereocenters. The average molecular weight is 540 g/mol. The quantitative estimate of drug-likeness (QED) is 0.377. The van der Waals surface area contributed by atoms with Crippen LogP contribution in [0.2, 0.25) is 15.1 Å². The normalized spacial score (nSPS) is 11.6. The Hall–Kier alpha value is -2.09. The van der Waals surface area contributed by atoms with Crippen LogP contribution in [-0.2, 0) is 27.9 Å². The van der Waals surface area contributed by atoms with E-state index in [0.717, 1.165) is 15.4 Å². The Balaban J connectivity index is 1.90. The molecule has 0 spiro atoms. The Morgan fingerprint density at radius 3 is 2.03 bits per heavy atom. The maximum absolute atomic E-state index is 13.8. The lowest BCUT2D eigenvalue weighted by Crippen LogP contribution is -2.40. The molecule has 0 bridgehead atoms. The van der Waals surface area contributed by atoms with Crippen molar-refractivity contribution in [2.45, 2.75) is 38.8 Å². The SMILES string of the molecule is Cc1cc(C)c(S(=O)(=O)N(CC(=O)NCc2ccc(Cl)cc2)Cc2ccc(Cl)c(Cl)c2)c(C)c1. The Morgan fingerprint density at radius 2 is 1.44 bits per heavy atom. The minimum absolute atomic E-state index is 0.0413. The molecular weight excluding hydrogens is 515 g/mol. The summed E-state index contributed by atoms with van der Waals surface area (Å²) in [6.45, 7) is 5.27. The van der Waals surface area contributed by atoms with Crippen LogP contribution in [0.15, 0.2) is 59.5 Å². The summed E-state index contributed by atoms with van der Waals surface area (Å²) >= 11 is 18.1. The van der Waals surface area contributed by atoms with Gasteiger partial charge in [-0.2, -0.15) is 4.31 Å². The summed E-state index contributed by atoms with van der Waals surface area (Å²) in [5.41, 5.74) is 3.68. The fraction of sp³-hybridized carbons (Fsp3) is 0.240. The van der Waals surface area contributed by atoms with Gasteiger partial charge < -0.3 is 5.32 Å². The first-order chi connectivity index (χ1) is 16.0. The van der Waals surface area contributed by atoms with Crippen molar-refractivity contribution >= 4 is 50.7 Å². The van der Waals surface area contributed by atoms with Gasteiger partial charge in [-0.25, -0.2) is 8.42 Å². The summed E-state index contributed by atoms with van der Waals surface area (Å²) in [4.78, 5) is 13.0. The maximum Gasteiger partial charge on any atom is 0.244 e. The molecule has 3 aromatic carbocycles. The number of carbonyl (C=O) groups excluding carboxylic acids is 1. The second-order valence-corrected chi connectivity index (χ2v) is 11.3. The lowest BCUT2D eigenvalue weighted by atomic mass is 10.1. The second-order valence-electron chi connectivity index (χ2n) is 8.15. The van der Waals surface area contributed by atoms with Crippen LogP contribution in [0.4, 0.5) is 0 Å². The lowest BCUT2D eigenvalue weighted by Gasteiger charge is -2.24. The summed E-state index contributed by atoms with van der Waals surface area (Å²) < 4.78 is 28.7. The molecule has 1 amide bonds. The number of hydrogen-bond acceptors (Lipinski definition) is 3. The highest BCUT2D eigenvalue weighted by molar-refractivity contribution is 7.89. The molecule has 0 aliphatic carbocycles. The van der Waals surface area contributed by atoms with Crippen LogP contribution in [0.25, 0.3) is 0 Å². The zero-order chi connectivity index (χ0) is 25.0. The Kier molecular flexibility index (Phi) is 8.66. The number of nitrogens with zero attached hydrogens (tertiary/aromatic N) is 1. The molecule has 1 N–H and O–H groups in total. The van der Waals surface area contributed by atoms with Crippen LogP contribution in [0, 0.1) is 20.8 Å². The highest BCUT2D eigenvalue weighted by atomic mass is 35.5. The molecule has 0 heterocycles. The first kappa shape index (κ1) is 26.5. The molecule has 3 aromatic rings. The van der Waals surface area contributed by atoms with Gasteiger partial charge in [-0.05, 0) is 67.3 Å². The van der Waals surface area contributed by atoms with Gasteiger partial charge in [-0.1, -0.05) is 70.7 Å². The molecule has 180 valence electrons. The monoisotopic (exact) mass is 538 g/mol. The Bertz CT molecular complexity index is 1290. The van der Waals surface area contributed by atoms with Gasteiger partial charge in [0.25, 0.3) is 0 Å². The predicted octanol–water partition coefficient (Wildman–Crippen LogP) is 6.08. The van der Waals surface area contributed by atoms with Crippen LogP contribution < -0.4 is 5.32 Å². The molecule has 3 rings (SSSR count). The molecular formula is C25H25Cl3N2O3S. The third kappa shape index (κ3) is 6.52. The van der Waals surface area contributed by atoms with Crippen molar-refractivity contribution in [1.29, 1.82) is 0 Å². The number of hydrogen-bond donors (Lipinski definition) is 1. The van der Waals surface area contributed by atoms with Crippen LogP contribution in [0.1, 0.15) is 27.8 Å². The van der Waals surface area contributed by atoms with Crippen molar-refractivity contribution in [1.82, 2.24) is 9.62 Å². The van der Waals surface area contributed by atoms with Gasteiger partial charge in [0.2, 0.25) is 15.9 Å². The highest BCUT2D eigenvalue weighted by Gasteiger charge is 2.30. The smallest absolute Gasteiger partial charge is 0.244 e. The van der Waals surface area contributed by atoms with E-state index in [1.165, 1.54) is 0 Å². The Labute approximate surface area is 215 Å². The van der Waals surface area contributed by atoms with E-state index in [9.17, 15) is 13.2 Å². The van der Waals surface area contributed by atoms with Crippen LogP contribution in [0.5, 0.6) is 0 Å². The largest absolute Gasteiger partial charge is 0.351 e. The van der Waals surface area contributed by atoms with Crippen molar-refractivity contribution in [3.63, 3.8) is 0 Å². The number of carbonyl (C=O) groups is 1. The minimum Gasteiger partial charge on any atom is -0.351 e. The molecule has 0 aliphatic rings. The maximum atomic E-state index is 13.8. The van der Waals surface area contributed by atoms with Gasteiger partial charge in [0.1, 0.15) is 0 Å². The zero-order valence-electron chi connectivity index (χ0n) is 19.0. The first-order valence-electron chi connectivity index (χ1n) is 10.5. The number of aryl methyl sites for hydroxylation is 3. The zero-order valence-corrected chi connectivity index (χ0v) is 22.1. The van der Waals surface area contributed by atoms with Gasteiger partial charge >= 0.3 is 0 Å². The fourth-order valence-electron chi connectivity index (χ4n) is 3.79. The average Bonchev–Trinajstić information content (AvgIpc) is 2.74. The molecule has 5 nitrogen and oxygen atoms in total. The molecule has 9 heteroatoms. The molecule has 34 heavy (non-hydrogen) atoms. The molecule has 0 aliphatic heterocycles. The summed E-state index contributed by atoms with van der Waals surface area (Å²) in [5.74, 6) is -0.430. The van der Waals surface area contributed by atoms with Gasteiger partial charge in [0.05, 0.1) is 21.5 Å². The van der Waals surface area contributed by atoms with Gasteiger partial charge in [0.15, 0.2) is 0 Å². The van der Waals surface area contributed by atoms with Crippen molar-refractivity contribution in [2.24, 2.45) is 0 Å². The van der Waals surface area contributed by atoms with Crippen LogP contribution in [0.3, 0.4) is 0 Å². The number of rotatable bonds is 8. The third-order valence-corrected chi connectivity index (χ3v) is 8.36. The predicted molar refractivity (Wildman–Crippen MR) is 138 cm³/mol. The van der Waals surface area contributed by atoms with Crippen LogP contribution in [-0.4, -0.2) is 25.2 Å². The molecule has 0 saturated carbocycles. The van der Waals surface area contributed by atoms with E-state index in [2.05, 4.69) is 5.32 Å². The van der Waals surface area contributed by atoms with E-state index in [-0.39, 0.29) is 24.5 Å². The van der Waals surface area contributed by atoms with E-state index in [0.29, 0.717) is 31.8 Å². The number of benzene rings is 3. The lowest BCUT2D eigenvalue weighted by molar-refractivity contribution is -0.121. The molecule has 0 unspecified atom stereocenters. The molecule has 0 fully saturated rings. The summed E-state index contributed by atoms with van der Waals surface area (Å²) in [6, 6.07) is 15.6. The number of halogens is 3. The van der Waals surface area contributed by atoms with Gasteiger partial charge in [0, 0.05) is 18.1 Å². The number of sulfonamides is 1. The van der Waals surface area contributed by atoms with Gasteiger partial charge in [-0.3, -0.25) is 4.79 Å². The number of amides is 1. The summed E-state index contributed by atoms with van der Waals surface area (Å²) in [7, 11) is -4.00. The van der Waals surface area contributed by atoms with E-state index in [4.69, 9.17) is 34.8 Å². The second kappa shape index (κ2) is 11.1. The van der Waals surface area contributed by atoms with E-state index in [1.807, 2.05) is 19.1 Å². The first-order valence-corrected chi connectivity index (χ1v) is 13.1. The van der Waals surface area contributed by atoms with E-state index < -0.39 is 15.9 Å². The van der Waals surface area contributed by atoms with Crippen LogP contribution >= 0.6 is 34.8 Å². The van der Waals surface area contributed by atoms with E-state index in [1.54, 1.807) is 56.3 Å². The van der Waals surface area contributed by atoms with Crippen molar-refractivity contribution in [3.05, 3.63) is 97.5 Å². The third-order valence-electron chi connectivity index (χ3n) is 5.27. The molecule has 0 saturated heterocycles. The molecule has 0 radical (unpaired) electrons. The fourth-order valence-corrected chi connectivity index (χ4v) is 6.03. The minimum atomic E-state index is -4.00. The van der Waals surface area contributed by atoms with Crippen molar-refractivity contribution in [3.8, 4) is 0 Å². The summed E-state index contributed by atoms with van der Waals surface area (Å²) in [5, 5.41) is 4.05. The number of nitrogens with one attached hydrogen (secondary N) is 1. The topological polar surface area (TPSA) is 66.5 Å². The Morgan fingerprint density at radius 1 is 0.853 bits per heavy atom. The van der Waals surface area contributed by atoms with E-state index >= 15 is 0 Å². The highest BCUT2D eigenvalue weighted by Crippen LogP contribution is 2.28.